The zero-order chi connectivity index (χ0) is 16.1. The van der Waals surface area contributed by atoms with E-state index in [4.69, 9.17) is 5.73 Å². The van der Waals surface area contributed by atoms with Crippen molar-refractivity contribution in [1.82, 2.24) is 0 Å². The van der Waals surface area contributed by atoms with E-state index in [0.29, 0.717) is 11.8 Å². The maximum Gasteiger partial charge on any atom is 0.223 e. The van der Waals surface area contributed by atoms with Gasteiger partial charge in [-0.25, -0.2) is 0 Å². The van der Waals surface area contributed by atoms with Crippen molar-refractivity contribution >= 4 is 5.91 Å². The Morgan fingerprint density at radius 3 is 2.64 bits per heavy atom. The molecule has 2 fully saturated rings. The Morgan fingerprint density at radius 2 is 2.00 bits per heavy atom. The molecule has 2 nitrogen and oxygen atoms in total. The van der Waals surface area contributed by atoms with Gasteiger partial charge in [-0.3, -0.25) is 4.79 Å². The molecule has 22 heavy (non-hydrogen) atoms. The van der Waals surface area contributed by atoms with E-state index in [9.17, 15) is 4.79 Å². The molecule has 3 rings (SSSR count). The van der Waals surface area contributed by atoms with E-state index in [1.54, 1.807) is 5.57 Å². The van der Waals surface area contributed by atoms with Crippen LogP contribution in [0.4, 0.5) is 0 Å². The van der Waals surface area contributed by atoms with Gasteiger partial charge < -0.3 is 5.73 Å². The number of hydrogen-bond donors (Lipinski definition) is 1. The van der Waals surface area contributed by atoms with Gasteiger partial charge in [0, 0.05) is 5.41 Å². The number of carbonyl (C=O) groups excluding carboxylic acids is 1. The van der Waals surface area contributed by atoms with Crippen LogP contribution in [0, 0.1) is 34.5 Å². The quantitative estimate of drug-likeness (QED) is 0.739. The smallest absolute Gasteiger partial charge is 0.223 e. The molecule has 1 unspecified atom stereocenters. The highest BCUT2D eigenvalue weighted by Crippen LogP contribution is 2.62. The fraction of sp³-hybridized carbons (Fsp3) is 0.850. The molecule has 2 N–H and O–H groups in total. The summed E-state index contributed by atoms with van der Waals surface area (Å²) in [5, 5.41) is 0. The van der Waals surface area contributed by atoms with Gasteiger partial charge in [0.05, 0.1) is 0 Å². The summed E-state index contributed by atoms with van der Waals surface area (Å²) >= 11 is 0. The number of hydrogen-bond acceptors (Lipinski definition) is 1. The number of fused-ring (bicyclic) bond motifs is 3. The summed E-state index contributed by atoms with van der Waals surface area (Å²) < 4.78 is 0. The molecule has 0 bridgehead atoms. The SMILES string of the molecule is CC(C)C1CC[C@H]2C(=CC[C@@H]3[C@]2(C)CCC[C@@]3(C)C(N)=O)C1. The van der Waals surface area contributed by atoms with Crippen molar-refractivity contribution < 1.29 is 4.79 Å². The molecule has 2 heteroatoms. The number of nitrogens with two attached hydrogens (primary N) is 1. The molecule has 3 aliphatic rings. The second-order valence-corrected chi connectivity index (χ2v) is 9.05. The van der Waals surface area contributed by atoms with E-state index in [1.807, 2.05) is 0 Å². The van der Waals surface area contributed by atoms with Gasteiger partial charge in [-0.15, -0.1) is 0 Å². The molecule has 0 aromatic carbocycles. The molecular formula is C20H33NO. The second-order valence-electron chi connectivity index (χ2n) is 9.05. The average molecular weight is 303 g/mol. The van der Waals surface area contributed by atoms with Gasteiger partial charge in [-0.05, 0) is 67.6 Å². The lowest BCUT2D eigenvalue weighted by Crippen LogP contribution is -2.55. The molecule has 0 aromatic rings. The first-order chi connectivity index (χ1) is 10.3. The Bertz CT molecular complexity index is 494. The van der Waals surface area contributed by atoms with Crippen LogP contribution in [-0.4, -0.2) is 5.91 Å². The minimum atomic E-state index is -0.302. The number of primary amides is 1. The van der Waals surface area contributed by atoms with Crippen molar-refractivity contribution in [1.29, 1.82) is 0 Å². The summed E-state index contributed by atoms with van der Waals surface area (Å²) in [5.74, 6) is 2.70. The van der Waals surface area contributed by atoms with Gasteiger partial charge in [0.15, 0.2) is 0 Å². The van der Waals surface area contributed by atoms with E-state index in [-0.39, 0.29) is 16.7 Å². The molecule has 0 saturated heterocycles. The van der Waals surface area contributed by atoms with Crippen LogP contribution in [0.1, 0.15) is 72.6 Å². The highest BCUT2D eigenvalue weighted by Gasteiger charge is 2.56. The average Bonchev–Trinajstić information content (AvgIpc) is 2.46. The molecule has 5 atom stereocenters. The highest BCUT2D eigenvalue weighted by atomic mass is 16.1. The molecule has 124 valence electrons. The van der Waals surface area contributed by atoms with Crippen LogP contribution in [0.2, 0.25) is 0 Å². The zero-order valence-corrected chi connectivity index (χ0v) is 14.8. The summed E-state index contributed by atoms with van der Waals surface area (Å²) in [5.41, 5.74) is 7.53. The van der Waals surface area contributed by atoms with Crippen LogP contribution >= 0.6 is 0 Å². The third-order valence-corrected chi connectivity index (χ3v) is 7.67. The fourth-order valence-corrected chi connectivity index (χ4v) is 6.08. The van der Waals surface area contributed by atoms with Gasteiger partial charge >= 0.3 is 0 Å². The number of allylic oxidation sites excluding steroid dienone is 2. The van der Waals surface area contributed by atoms with Crippen molar-refractivity contribution in [2.75, 3.05) is 0 Å². The minimum absolute atomic E-state index is 0.0730. The van der Waals surface area contributed by atoms with Gasteiger partial charge in [0.2, 0.25) is 5.91 Å². The number of amides is 1. The normalized spacial score (nSPS) is 45.0. The summed E-state index contributed by atoms with van der Waals surface area (Å²) in [6.45, 7) is 9.33. The van der Waals surface area contributed by atoms with Gasteiger partial charge in [0.25, 0.3) is 0 Å². The van der Waals surface area contributed by atoms with E-state index in [0.717, 1.165) is 31.1 Å². The summed E-state index contributed by atoms with van der Waals surface area (Å²) in [4.78, 5) is 12.2. The molecule has 0 spiro atoms. The van der Waals surface area contributed by atoms with Crippen LogP contribution in [0.3, 0.4) is 0 Å². The standard InChI is InChI=1S/C20H33NO/c1-13(2)14-6-8-16-15(12-14)7-9-17-19(16,3)10-5-11-20(17,4)18(21)22/h7,13-14,16-17H,5-6,8-12H2,1-4H3,(H2,21,22)/t14?,16-,17+,19+,20+/m0/s1. The first-order valence-corrected chi connectivity index (χ1v) is 9.28. The van der Waals surface area contributed by atoms with Crippen molar-refractivity contribution in [2.24, 2.45) is 40.2 Å². The number of rotatable bonds is 2. The van der Waals surface area contributed by atoms with E-state index in [1.165, 1.54) is 25.7 Å². The number of carbonyl (C=O) groups is 1. The predicted molar refractivity (Wildman–Crippen MR) is 91.1 cm³/mol. The summed E-state index contributed by atoms with van der Waals surface area (Å²) in [6.07, 6.45) is 10.9. The Balaban J connectivity index is 1.92. The van der Waals surface area contributed by atoms with Crippen LogP contribution in [0.25, 0.3) is 0 Å². The Hall–Kier alpha value is -0.790. The van der Waals surface area contributed by atoms with Gasteiger partial charge in [0.1, 0.15) is 0 Å². The largest absolute Gasteiger partial charge is 0.369 e. The lowest BCUT2D eigenvalue weighted by atomic mass is 9.46. The maximum absolute atomic E-state index is 12.2. The van der Waals surface area contributed by atoms with Crippen LogP contribution in [-0.2, 0) is 4.79 Å². The lowest BCUT2D eigenvalue weighted by Gasteiger charge is -2.58. The molecule has 0 heterocycles. The monoisotopic (exact) mass is 303 g/mol. The first kappa shape index (κ1) is 16.1. The third-order valence-electron chi connectivity index (χ3n) is 7.67. The van der Waals surface area contributed by atoms with E-state index < -0.39 is 0 Å². The van der Waals surface area contributed by atoms with Gasteiger partial charge in [-0.2, -0.15) is 0 Å². The van der Waals surface area contributed by atoms with Crippen LogP contribution in [0.5, 0.6) is 0 Å². The summed E-state index contributed by atoms with van der Waals surface area (Å²) in [7, 11) is 0. The predicted octanol–water partition coefficient (Wildman–Crippen LogP) is 4.69. The minimum Gasteiger partial charge on any atom is -0.369 e. The lowest BCUT2D eigenvalue weighted by molar-refractivity contribution is -0.141. The van der Waals surface area contributed by atoms with Crippen molar-refractivity contribution in [3.05, 3.63) is 11.6 Å². The van der Waals surface area contributed by atoms with Gasteiger partial charge in [-0.1, -0.05) is 45.8 Å². The van der Waals surface area contributed by atoms with E-state index in [2.05, 4.69) is 33.8 Å². The Kier molecular flexibility index (Phi) is 3.94. The molecule has 0 aromatic heterocycles. The molecule has 0 aliphatic heterocycles. The van der Waals surface area contributed by atoms with Crippen molar-refractivity contribution in [3.8, 4) is 0 Å². The highest BCUT2D eigenvalue weighted by molar-refractivity contribution is 5.81. The fourth-order valence-electron chi connectivity index (χ4n) is 6.08. The molecule has 2 saturated carbocycles. The Labute approximate surface area is 135 Å². The van der Waals surface area contributed by atoms with Crippen LogP contribution < -0.4 is 5.73 Å². The first-order valence-electron chi connectivity index (χ1n) is 9.28. The molecule has 1 amide bonds. The molecule has 3 aliphatic carbocycles. The van der Waals surface area contributed by atoms with Crippen LogP contribution in [0.15, 0.2) is 11.6 Å². The molecular weight excluding hydrogens is 270 g/mol. The third kappa shape index (κ3) is 2.25. The second kappa shape index (κ2) is 5.39. The van der Waals surface area contributed by atoms with Crippen molar-refractivity contribution in [3.63, 3.8) is 0 Å². The summed E-state index contributed by atoms with van der Waals surface area (Å²) in [6, 6.07) is 0. The molecule has 0 radical (unpaired) electrons. The Morgan fingerprint density at radius 1 is 1.27 bits per heavy atom. The zero-order valence-electron chi connectivity index (χ0n) is 14.8. The van der Waals surface area contributed by atoms with Crippen molar-refractivity contribution in [2.45, 2.75) is 72.6 Å². The topological polar surface area (TPSA) is 43.1 Å². The maximum atomic E-state index is 12.2. The van der Waals surface area contributed by atoms with E-state index >= 15 is 0 Å².